The Labute approximate surface area is 138 Å². The van der Waals surface area contributed by atoms with Crippen molar-refractivity contribution in [1.29, 1.82) is 0 Å². The van der Waals surface area contributed by atoms with Gasteiger partial charge >= 0.3 is 12.6 Å². The second kappa shape index (κ2) is 8.71. The number of carbonyl (C=O) groups excluding carboxylic acids is 1. The molecule has 0 spiro atoms. The van der Waals surface area contributed by atoms with Crippen molar-refractivity contribution >= 4 is 11.7 Å². The lowest BCUT2D eigenvalue weighted by molar-refractivity contribution is -0.0514. The number of carbonyl (C=O) groups is 1. The van der Waals surface area contributed by atoms with Crippen molar-refractivity contribution in [1.82, 2.24) is 5.32 Å². The van der Waals surface area contributed by atoms with Crippen LogP contribution in [0.15, 0.2) is 48.5 Å². The first-order chi connectivity index (χ1) is 11.6. The van der Waals surface area contributed by atoms with Gasteiger partial charge in [0.05, 0.1) is 6.61 Å². The van der Waals surface area contributed by atoms with Crippen molar-refractivity contribution < 1.29 is 23.0 Å². The molecule has 24 heavy (non-hydrogen) atoms. The molecule has 0 atom stereocenters. The number of rotatable bonds is 7. The Kier molecular flexibility index (Phi) is 6.36. The summed E-state index contributed by atoms with van der Waals surface area (Å²) in [6.45, 7) is -0.659. The topological polar surface area (TPSA) is 59.6 Å². The number of hydrogen-bond acceptors (Lipinski definition) is 3. The Bertz CT molecular complexity index is 666. The highest BCUT2D eigenvalue weighted by Crippen LogP contribution is 2.29. The molecule has 2 N–H and O–H groups in total. The smallest absolute Gasteiger partial charge is 0.387 e. The molecule has 0 fully saturated rings. The van der Waals surface area contributed by atoms with Gasteiger partial charge in [0.1, 0.15) is 0 Å². The van der Waals surface area contributed by atoms with Crippen LogP contribution in [0.2, 0.25) is 0 Å². The fraction of sp³-hybridized carbons (Fsp3) is 0.235. The molecule has 2 aromatic rings. The van der Waals surface area contributed by atoms with Gasteiger partial charge in [0.2, 0.25) is 0 Å². The summed E-state index contributed by atoms with van der Waals surface area (Å²) in [5.74, 6) is 0.171. The number of alkyl halides is 2. The third-order valence-electron chi connectivity index (χ3n) is 3.01. The summed E-state index contributed by atoms with van der Waals surface area (Å²) in [6.07, 6.45) is 0. The average Bonchev–Trinajstić information content (AvgIpc) is 2.56. The van der Waals surface area contributed by atoms with Crippen LogP contribution < -0.4 is 20.1 Å². The van der Waals surface area contributed by atoms with Crippen molar-refractivity contribution in [2.24, 2.45) is 0 Å². The Hall–Kier alpha value is -2.83. The minimum Gasteiger partial charge on any atom is -0.490 e. The highest BCUT2D eigenvalue weighted by Gasteiger charge is 2.12. The molecule has 128 valence electrons. The number of hydrogen-bond donors (Lipinski definition) is 2. The molecule has 0 aliphatic heterocycles. The number of amides is 2. The van der Waals surface area contributed by atoms with Crippen LogP contribution in [0, 0.1) is 0 Å². The lowest BCUT2D eigenvalue weighted by Gasteiger charge is -2.13. The van der Waals surface area contributed by atoms with E-state index in [2.05, 4.69) is 15.4 Å². The molecule has 2 rings (SSSR count). The van der Waals surface area contributed by atoms with E-state index >= 15 is 0 Å². The van der Waals surface area contributed by atoms with Gasteiger partial charge in [-0.05, 0) is 36.8 Å². The minimum absolute atomic E-state index is 0.0377. The lowest BCUT2D eigenvalue weighted by Crippen LogP contribution is -2.28. The highest BCUT2D eigenvalue weighted by molar-refractivity contribution is 5.89. The number of para-hydroxylation sites is 1. The molecule has 0 aliphatic carbocycles. The van der Waals surface area contributed by atoms with Crippen LogP contribution in [0.4, 0.5) is 19.3 Å². The molecule has 0 radical (unpaired) electrons. The molecule has 0 aromatic heterocycles. The molecule has 2 amide bonds. The Morgan fingerprint density at radius 1 is 1.12 bits per heavy atom. The summed E-state index contributed by atoms with van der Waals surface area (Å²) in [4.78, 5) is 11.8. The molecular weight excluding hydrogens is 318 g/mol. The summed E-state index contributed by atoms with van der Waals surface area (Å²) in [6, 6.07) is 13.2. The molecule has 0 bridgehead atoms. The summed E-state index contributed by atoms with van der Waals surface area (Å²) in [7, 11) is 0. The molecule has 0 unspecified atom stereocenters. The van der Waals surface area contributed by atoms with E-state index in [4.69, 9.17) is 4.74 Å². The summed E-state index contributed by atoms with van der Waals surface area (Å²) in [5.41, 5.74) is 1.37. The van der Waals surface area contributed by atoms with E-state index in [0.717, 1.165) is 0 Å². The predicted octanol–water partition coefficient (Wildman–Crippen LogP) is 4.01. The second-order valence-corrected chi connectivity index (χ2v) is 4.77. The van der Waals surface area contributed by atoms with E-state index in [1.165, 1.54) is 6.07 Å². The molecule has 7 heteroatoms. The van der Waals surface area contributed by atoms with Crippen molar-refractivity contribution in [3.63, 3.8) is 0 Å². The van der Waals surface area contributed by atoms with Gasteiger partial charge in [0.25, 0.3) is 0 Å². The van der Waals surface area contributed by atoms with Gasteiger partial charge in [-0.3, -0.25) is 0 Å². The molecule has 0 saturated carbocycles. The van der Waals surface area contributed by atoms with Crippen LogP contribution in [0.3, 0.4) is 0 Å². The van der Waals surface area contributed by atoms with E-state index in [9.17, 15) is 13.6 Å². The SMILES string of the molecule is CCOc1cc(CNC(=O)Nc2ccccc2)ccc1OC(F)F. The van der Waals surface area contributed by atoms with Crippen molar-refractivity contribution in [3.05, 3.63) is 54.1 Å². The highest BCUT2D eigenvalue weighted by atomic mass is 19.3. The molecule has 5 nitrogen and oxygen atoms in total. The number of ether oxygens (including phenoxy) is 2. The van der Waals surface area contributed by atoms with Gasteiger partial charge in [-0.2, -0.15) is 8.78 Å². The fourth-order valence-electron chi connectivity index (χ4n) is 2.00. The maximum absolute atomic E-state index is 12.4. The number of nitrogens with one attached hydrogen (secondary N) is 2. The van der Waals surface area contributed by atoms with Crippen LogP contribution in [0.25, 0.3) is 0 Å². The zero-order chi connectivity index (χ0) is 17.4. The Balaban J connectivity index is 1.96. The molecule has 0 aliphatic rings. The quantitative estimate of drug-likeness (QED) is 0.803. The second-order valence-electron chi connectivity index (χ2n) is 4.77. The van der Waals surface area contributed by atoms with Gasteiger partial charge in [0.15, 0.2) is 11.5 Å². The number of halogens is 2. The van der Waals surface area contributed by atoms with Crippen LogP contribution in [-0.4, -0.2) is 19.2 Å². The Morgan fingerprint density at radius 2 is 1.88 bits per heavy atom. The Morgan fingerprint density at radius 3 is 2.54 bits per heavy atom. The van der Waals surface area contributed by atoms with Crippen LogP contribution >= 0.6 is 0 Å². The zero-order valence-electron chi connectivity index (χ0n) is 13.1. The van der Waals surface area contributed by atoms with Gasteiger partial charge in [-0.15, -0.1) is 0 Å². The van der Waals surface area contributed by atoms with Crippen LogP contribution in [-0.2, 0) is 6.54 Å². The third-order valence-corrected chi connectivity index (χ3v) is 3.01. The number of anilines is 1. The molecule has 0 heterocycles. The zero-order valence-corrected chi connectivity index (χ0v) is 13.1. The van der Waals surface area contributed by atoms with Gasteiger partial charge < -0.3 is 20.1 Å². The van der Waals surface area contributed by atoms with Crippen molar-refractivity contribution in [2.75, 3.05) is 11.9 Å². The minimum atomic E-state index is -2.93. The van der Waals surface area contributed by atoms with Gasteiger partial charge in [-0.1, -0.05) is 24.3 Å². The number of benzene rings is 2. The summed E-state index contributed by atoms with van der Waals surface area (Å²) in [5, 5.41) is 5.37. The average molecular weight is 336 g/mol. The van der Waals surface area contributed by atoms with Gasteiger partial charge in [-0.25, -0.2) is 4.79 Å². The first-order valence-corrected chi connectivity index (χ1v) is 7.39. The monoisotopic (exact) mass is 336 g/mol. The summed E-state index contributed by atoms with van der Waals surface area (Å²) >= 11 is 0. The van der Waals surface area contributed by atoms with Gasteiger partial charge in [0, 0.05) is 12.2 Å². The van der Waals surface area contributed by atoms with E-state index < -0.39 is 6.61 Å². The molecule has 0 saturated heterocycles. The lowest BCUT2D eigenvalue weighted by atomic mass is 10.2. The first kappa shape index (κ1) is 17.5. The summed E-state index contributed by atoms with van der Waals surface area (Å²) < 4.78 is 34.4. The normalized spacial score (nSPS) is 10.3. The van der Waals surface area contributed by atoms with E-state index in [0.29, 0.717) is 17.9 Å². The van der Waals surface area contributed by atoms with E-state index in [1.54, 1.807) is 31.2 Å². The van der Waals surface area contributed by atoms with E-state index in [-0.39, 0.29) is 24.1 Å². The number of urea groups is 1. The largest absolute Gasteiger partial charge is 0.490 e. The maximum Gasteiger partial charge on any atom is 0.387 e. The molecule has 2 aromatic carbocycles. The standard InChI is InChI=1S/C17H18F2N2O3/c1-2-23-15-10-12(8-9-14(15)24-16(18)19)11-20-17(22)21-13-6-4-3-5-7-13/h3-10,16H,2,11H2,1H3,(H2,20,21,22). The third kappa shape index (κ3) is 5.42. The van der Waals surface area contributed by atoms with Crippen molar-refractivity contribution in [2.45, 2.75) is 20.1 Å². The van der Waals surface area contributed by atoms with E-state index in [1.807, 2.05) is 18.2 Å². The van der Waals surface area contributed by atoms with Crippen LogP contribution in [0.5, 0.6) is 11.5 Å². The fourth-order valence-corrected chi connectivity index (χ4v) is 2.00. The van der Waals surface area contributed by atoms with Crippen molar-refractivity contribution in [3.8, 4) is 11.5 Å². The maximum atomic E-state index is 12.4. The molecular formula is C17H18F2N2O3. The van der Waals surface area contributed by atoms with Crippen LogP contribution in [0.1, 0.15) is 12.5 Å². The predicted molar refractivity (Wildman–Crippen MR) is 86.5 cm³/mol. The first-order valence-electron chi connectivity index (χ1n) is 7.39.